The zero-order valence-electron chi connectivity index (χ0n) is 13.1. The van der Waals surface area contributed by atoms with Crippen molar-refractivity contribution in [3.8, 4) is 11.4 Å². The van der Waals surface area contributed by atoms with Gasteiger partial charge in [0.15, 0.2) is 0 Å². The smallest absolute Gasteiger partial charge is 0.227 e. The lowest BCUT2D eigenvalue weighted by atomic mass is 10.1. The Morgan fingerprint density at radius 2 is 1.83 bits per heavy atom. The molecule has 0 aliphatic carbocycles. The van der Waals surface area contributed by atoms with Crippen molar-refractivity contribution < 1.29 is 4.52 Å². The van der Waals surface area contributed by atoms with Crippen molar-refractivity contribution in [1.29, 1.82) is 0 Å². The van der Waals surface area contributed by atoms with E-state index in [2.05, 4.69) is 17.1 Å². The van der Waals surface area contributed by atoms with Gasteiger partial charge in [-0.25, -0.2) is 0 Å². The van der Waals surface area contributed by atoms with Crippen LogP contribution in [0.2, 0.25) is 10.0 Å². The van der Waals surface area contributed by atoms with Gasteiger partial charge in [-0.3, -0.25) is 0 Å². The SMILES string of the molecule is Cc1ccc(-c2noc(CCSCc3ccc(Cl)c(Cl)c3)n2)cc1. The number of aromatic nitrogens is 2. The number of rotatable bonds is 6. The van der Waals surface area contributed by atoms with Gasteiger partial charge >= 0.3 is 0 Å². The first-order valence-electron chi connectivity index (χ1n) is 7.53. The molecule has 0 spiro atoms. The van der Waals surface area contributed by atoms with E-state index >= 15 is 0 Å². The Morgan fingerprint density at radius 1 is 1.04 bits per heavy atom. The minimum absolute atomic E-state index is 0.583. The van der Waals surface area contributed by atoms with E-state index in [1.807, 2.05) is 42.5 Å². The summed E-state index contributed by atoms with van der Waals surface area (Å²) in [5.74, 6) is 3.07. The highest BCUT2D eigenvalue weighted by Crippen LogP contribution is 2.25. The molecule has 0 aliphatic heterocycles. The van der Waals surface area contributed by atoms with Crippen LogP contribution in [0.15, 0.2) is 47.0 Å². The zero-order valence-corrected chi connectivity index (χ0v) is 15.5. The van der Waals surface area contributed by atoms with Crippen LogP contribution in [0.25, 0.3) is 11.4 Å². The first-order valence-corrected chi connectivity index (χ1v) is 9.44. The molecule has 0 saturated carbocycles. The van der Waals surface area contributed by atoms with Crippen molar-refractivity contribution in [2.75, 3.05) is 5.75 Å². The van der Waals surface area contributed by atoms with Gasteiger partial charge in [0.1, 0.15) is 0 Å². The van der Waals surface area contributed by atoms with E-state index in [1.165, 1.54) is 5.56 Å². The number of thioether (sulfide) groups is 1. The Balaban J connectivity index is 1.50. The molecule has 1 aromatic heterocycles. The minimum Gasteiger partial charge on any atom is -0.339 e. The topological polar surface area (TPSA) is 38.9 Å². The predicted molar refractivity (Wildman–Crippen MR) is 101 cm³/mol. The number of benzene rings is 2. The Bertz CT molecular complexity index is 818. The first kappa shape index (κ1) is 17.3. The van der Waals surface area contributed by atoms with Gasteiger partial charge in [-0.1, -0.05) is 64.3 Å². The lowest BCUT2D eigenvalue weighted by Crippen LogP contribution is -1.90. The molecule has 0 N–H and O–H groups in total. The van der Waals surface area contributed by atoms with Crippen molar-refractivity contribution >= 4 is 35.0 Å². The molecule has 0 amide bonds. The summed E-state index contributed by atoms with van der Waals surface area (Å²) in [5.41, 5.74) is 3.33. The third-order valence-electron chi connectivity index (χ3n) is 3.49. The first-order chi connectivity index (χ1) is 11.6. The molecule has 2 aromatic carbocycles. The number of hydrogen-bond donors (Lipinski definition) is 0. The molecular weight excluding hydrogens is 363 g/mol. The Morgan fingerprint density at radius 3 is 2.58 bits per heavy atom. The van der Waals surface area contributed by atoms with Crippen molar-refractivity contribution in [1.82, 2.24) is 10.1 Å². The molecule has 0 atom stereocenters. The van der Waals surface area contributed by atoms with Gasteiger partial charge in [0, 0.05) is 23.5 Å². The van der Waals surface area contributed by atoms with Gasteiger partial charge in [0.25, 0.3) is 0 Å². The molecule has 0 radical (unpaired) electrons. The van der Waals surface area contributed by atoms with E-state index < -0.39 is 0 Å². The van der Waals surface area contributed by atoms with E-state index in [0.717, 1.165) is 29.1 Å². The lowest BCUT2D eigenvalue weighted by molar-refractivity contribution is 0.383. The standard InChI is InChI=1S/C18H16Cl2N2OS/c1-12-2-5-14(6-3-12)18-21-17(23-22-18)8-9-24-11-13-4-7-15(19)16(20)10-13/h2-7,10H,8-9,11H2,1H3. The van der Waals surface area contributed by atoms with Gasteiger partial charge in [-0.2, -0.15) is 16.7 Å². The maximum Gasteiger partial charge on any atom is 0.227 e. The molecule has 0 unspecified atom stereocenters. The van der Waals surface area contributed by atoms with Crippen LogP contribution in [0.1, 0.15) is 17.0 Å². The van der Waals surface area contributed by atoms with Crippen LogP contribution in [0.4, 0.5) is 0 Å². The Kier molecular flexibility index (Phi) is 5.82. The van der Waals surface area contributed by atoms with E-state index in [4.69, 9.17) is 27.7 Å². The molecule has 0 fully saturated rings. The van der Waals surface area contributed by atoms with Crippen LogP contribution in [0.3, 0.4) is 0 Å². The van der Waals surface area contributed by atoms with Gasteiger partial charge in [-0.15, -0.1) is 0 Å². The summed E-state index contributed by atoms with van der Waals surface area (Å²) in [6.07, 6.45) is 0.741. The summed E-state index contributed by atoms with van der Waals surface area (Å²) in [5, 5.41) is 5.22. The number of nitrogens with zero attached hydrogens (tertiary/aromatic N) is 2. The van der Waals surface area contributed by atoms with Crippen LogP contribution in [-0.4, -0.2) is 15.9 Å². The van der Waals surface area contributed by atoms with Gasteiger partial charge in [0.05, 0.1) is 10.0 Å². The number of halogens is 2. The summed E-state index contributed by atoms with van der Waals surface area (Å²) in [6.45, 7) is 2.05. The molecule has 1 heterocycles. The second kappa shape index (κ2) is 8.06. The lowest BCUT2D eigenvalue weighted by Gasteiger charge is -2.02. The third kappa shape index (κ3) is 4.53. The van der Waals surface area contributed by atoms with Crippen molar-refractivity contribution in [2.24, 2.45) is 0 Å². The normalized spacial score (nSPS) is 11.0. The summed E-state index contributed by atoms with van der Waals surface area (Å²) < 4.78 is 5.32. The molecule has 0 aliphatic rings. The summed E-state index contributed by atoms with van der Waals surface area (Å²) >= 11 is 13.7. The fourth-order valence-corrected chi connectivity index (χ4v) is 3.35. The fourth-order valence-electron chi connectivity index (χ4n) is 2.16. The summed E-state index contributed by atoms with van der Waals surface area (Å²) in [6, 6.07) is 13.8. The number of aryl methyl sites for hydroxylation is 2. The second-order valence-electron chi connectivity index (χ2n) is 5.43. The maximum atomic E-state index is 6.02. The minimum atomic E-state index is 0.583. The van der Waals surface area contributed by atoms with Crippen LogP contribution < -0.4 is 0 Å². The average molecular weight is 379 g/mol. The summed E-state index contributed by atoms with van der Waals surface area (Å²) in [7, 11) is 0. The Hall–Kier alpha value is -1.49. The van der Waals surface area contributed by atoms with Crippen LogP contribution in [0, 0.1) is 6.92 Å². The molecule has 3 rings (SSSR count). The second-order valence-corrected chi connectivity index (χ2v) is 7.35. The molecule has 3 nitrogen and oxygen atoms in total. The third-order valence-corrected chi connectivity index (χ3v) is 5.26. The zero-order chi connectivity index (χ0) is 16.9. The van der Waals surface area contributed by atoms with E-state index in [0.29, 0.717) is 21.8 Å². The van der Waals surface area contributed by atoms with E-state index in [-0.39, 0.29) is 0 Å². The number of hydrogen-bond acceptors (Lipinski definition) is 4. The van der Waals surface area contributed by atoms with Crippen molar-refractivity contribution in [3.63, 3.8) is 0 Å². The van der Waals surface area contributed by atoms with E-state index in [9.17, 15) is 0 Å². The van der Waals surface area contributed by atoms with Gasteiger partial charge < -0.3 is 4.52 Å². The quantitative estimate of drug-likeness (QED) is 0.505. The predicted octanol–water partition coefficient (Wildman–Crippen LogP) is 5.83. The van der Waals surface area contributed by atoms with Crippen LogP contribution in [-0.2, 0) is 12.2 Å². The average Bonchev–Trinajstić information content (AvgIpc) is 3.04. The summed E-state index contributed by atoms with van der Waals surface area (Å²) in [4.78, 5) is 4.45. The highest BCUT2D eigenvalue weighted by Gasteiger charge is 2.08. The monoisotopic (exact) mass is 378 g/mol. The maximum absolute atomic E-state index is 6.02. The van der Waals surface area contributed by atoms with Crippen molar-refractivity contribution in [2.45, 2.75) is 19.1 Å². The van der Waals surface area contributed by atoms with Gasteiger partial charge in [-0.05, 0) is 24.6 Å². The molecule has 124 valence electrons. The molecule has 3 aromatic rings. The molecule has 6 heteroatoms. The highest BCUT2D eigenvalue weighted by molar-refractivity contribution is 7.98. The van der Waals surface area contributed by atoms with E-state index in [1.54, 1.807) is 11.8 Å². The largest absolute Gasteiger partial charge is 0.339 e. The Labute approximate surface area is 155 Å². The van der Waals surface area contributed by atoms with Gasteiger partial charge in [0.2, 0.25) is 11.7 Å². The fraction of sp³-hybridized carbons (Fsp3) is 0.222. The molecular formula is C18H16Cl2N2OS. The molecule has 24 heavy (non-hydrogen) atoms. The van der Waals surface area contributed by atoms with Crippen LogP contribution in [0.5, 0.6) is 0 Å². The molecule has 0 bridgehead atoms. The highest BCUT2D eigenvalue weighted by atomic mass is 35.5. The van der Waals surface area contributed by atoms with Crippen LogP contribution >= 0.6 is 35.0 Å². The van der Waals surface area contributed by atoms with Crippen molar-refractivity contribution in [3.05, 3.63) is 69.5 Å². The molecule has 0 saturated heterocycles.